The van der Waals surface area contributed by atoms with Crippen molar-refractivity contribution < 1.29 is 4.79 Å². The Bertz CT molecular complexity index is 203. The summed E-state index contributed by atoms with van der Waals surface area (Å²) in [5, 5.41) is 2.88. The first-order valence-electron chi connectivity index (χ1n) is 4.10. The number of fused-ring (bicyclic) bond motifs is 3. The van der Waals surface area contributed by atoms with Crippen LogP contribution in [-0.4, -0.2) is 12.5 Å². The first-order valence-corrected chi connectivity index (χ1v) is 4.10. The molecule has 3 rings (SSSR count). The van der Waals surface area contributed by atoms with Crippen LogP contribution in [-0.2, 0) is 4.79 Å². The maximum absolute atomic E-state index is 11.0. The summed E-state index contributed by atoms with van der Waals surface area (Å²) >= 11 is 0. The summed E-state index contributed by atoms with van der Waals surface area (Å²) in [6, 6.07) is 0. The van der Waals surface area contributed by atoms with E-state index in [1.165, 1.54) is 12.8 Å². The molecule has 0 aromatic rings. The van der Waals surface area contributed by atoms with Gasteiger partial charge in [0.2, 0.25) is 5.91 Å². The topological polar surface area (TPSA) is 29.1 Å². The molecule has 3 aliphatic rings. The van der Waals surface area contributed by atoms with Gasteiger partial charge in [0.1, 0.15) is 0 Å². The fourth-order valence-electron chi connectivity index (χ4n) is 2.69. The van der Waals surface area contributed by atoms with Gasteiger partial charge in [0.15, 0.2) is 0 Å². The smallest absolute Gasteiger partial charge is 0.220 e. The van der Waals surface area contributed by atoms with E-state index in [1.807, 2.05) is 0 Å². The zero-order chi connectivity index (χ0) is 6.77. The van der Waals surface area contributed by atoms with E-state index in [2.05, 4.69) is 5.32 Å². The lowest BCUT2D eigenvalue weighted by Gasteiger charge is -2.26. The molecule has 2 atom stereocenters. The van der Waals surface area contributed by atoms with E-state index in [0.717, 1.165) is 24.8 Å². The zero-order valence-electron chi connectivity index (χ0n) is 5.89. The molecule has 2 saturated carbocycles. The van der Waals surface area contributed by atoms with Gasteiger partial charge in [0.05, 0.1) is 0 Å². The Hall–Kier alpha value is -0.530. The van der Waals surface area contributed by atoms with Crippen molar-refractivity contribution in [3.05, 3.63) is 0 Å². The minimum absolute atomic E-state index is 0.290. The van der Waals surface area contributed by atoms with E-state index in [1.54, 1.807) is 0 Å². The predicted molar refractivity (Wildman–Crippen MR) is 36.3 cm³/mol. The second-order valence-electron chi connectivity index (χ2n) is 3.96. The minimum atomic E-state index is 0.290. The Labute approximate surface area is 60.0 Å². The number of piperidine rings is 1. The number of carbonyl (C=O) groups is 1. The lowest BCUT2D eigenvalue weighted by atomic mass is 9.84. The quantitative estimate of drug-likeness (QED) is 0.518. The van der Waals surface area contributed by atoms with Crippen molar-refractivity contribution >= 4 is 5.91 Å². The Morgan fingerprint density at radius 3 is 2.70 bits per heavy atom. The van der Waals surface area contributed by atoms with Gasteiger partial charge in [-0.15, -0.1) is 0 Å². The summed E-state index contributed by atoms with van der Waals surface area (Å²) in [5.74, 6) is 2.23. The standard InChI is InChI=1S/C8H11NO/c10-7-4-8(1-2-9-7)5-3-6(5)8/h5-6H,1-4H2,(H,9,10). The zero-order valence-corrected chi connectivity index (χ0v) is 5.89. The summed E-state index contributed by atoms with van der Waals surface area (Å²) in [7, 11) is 0. The molecule has 0 radical (unpaired) electrons. The molecule has 0 aromatic heterocycles. The third kappa shape index (κ3) is 0.414. The average Bonchev–Trinajstić information content (AvgIpc) is 2.74. The third-order valence-electron chi connectivity index (χ3n) is 3.56. The highest BCUT2D eigenvalue weighted by molar-refractivity contribution is 5.78. The Kier molecular flexibility index (Phi) is 0.644. The van der Waals surface area contributed by atoms with Crippen LogP contribution < -0.4 is 5.32 Å². The van der Waals surface area contributed by atoms with Gasteiger partial charge in [0.25, 0.3) is 0 Å². The summed E-state index contributed by atoms with van der Waals surface area (Å²) in [6.45, 7) is 0.936. The van der Waals surface area contributed by atoms with E-state index in [9.17, 15) is 4.79 Å². The highest BCUT2D eigenvalue weighted by Crippen LogP contribution is 2.80. The van der Waals surface area contributed by atoms with Crippen molar-refractivity contribution in [1.82, 2.24) is 5.32 Å². The van der Waals surface area contributed by atoms with Crippen molar-refractivity contribution in [2.45, 2.75) is 19.3 Å². The predicted octanol–water partition coefficient (Wildman–Crippen LogP) is 0.532. The van der Waals surface area contributed by atoms with Crippen LogP contribution in [0.4, 0.5) is 0 Å². The van der Waals surface area contributed by atoms with Gasteiger partial charge >= 0.3 is 0 Å². The second-order valence-corrected chi connectivity index (χ2v) is 3.96. The number of carbonyl (C=O) groups excluding carboxylic acids is 1. The molecule has 3 fully saturated rings. The molecule has 2 unspecified atom stereocenters. The van der Waals surface area contributed by atoms with Crippen LogP contribution in [0.2, 0.25) is 0 Å². The van der Waals surface area contributed by atoms with Crippen LogP contribution in [0, 0.1) is 17.3 Å². The molecule has 2 nitrogen and oxygen atoms in total. The Morgan fingerprint density at radius 1 is 1.50 bits per heavy atom. The van der Waals surface area contributed by atoms with Gasteiger partial charge in [-0.2, -0.15) is 0 Å². The number of hydrogen-bond acceptors (Lipinski definition) is 1. The molecular weight excluding hydrogens is 126 g/mol. The number of amides is 1. The highest BCUT2D eigenvalue weighted by atomic mass is 16.1. The molecule has 1 aliphatic heterocycles. The molecule has 0 aromatic carbocycles. The van der Waals surface area contributed by atoms with E-state index < -0.39 is 0 Å². The van der Waals surface area contributed by atoms with E-state index in [4.69, 9.17) is 0 Å². The van der Waals surface area contributed by atoms with Crippen LogP contribution in [0.15, 0.2) is 0 Å². The van der Waals surface area contributed by atoms with Gasteiger partial charge in [0, 0.05) is 13.0 Å². The largest absolute Gasteiger partial charge is 0.356 e. The van der Waals surface area contributed by atoms with E-state index in [0.29, 0.717) is 11.3 Å². The van der Waals surface area contributed by atoms with Crippen LogP contribution in [0.3, 0.4) is 0 Å². The maximum Gasteiger partial charge on any atom is 0.220 e. The van der Waals surface area contributed by atoms with Crippen molar-refractivity contribution in [3.8, 4) is 0 Å². The average molecular weight is 137 g/mol. The van der Waals surface area contributed by atoms with Crippen molar-refractivity contribution in [2.75, 3.05) is 6.54 Å². The minimum Gasteiger partial charge on any atom is -0.356 e. The van der Waals surface area contributed by atoms with Gasteiger partial charge in [-0.1, -0.05) is 0 Å². The normalized spacial score (nSPS) is 55.8. The molecule has 2 heteroatoms. The highest BCUT2D eigenvalue weighted by Gasteiger charge is 2.76. The van der Waals surface area contributed by atoms with E-state index >= 15 is 0 Å². The summed E-state index contributed by atoms with van der Waals surface area (Å²) in [4.78, 5) is 11.0. The molecule has 2 aliphatic carbocycles. The van der Waals surface area contributed by atoms with Crippen LogP contribution in [0.5, 0.6) is 0 Å². The van der Waals surface area contributed by atoms with Crippen LogP contribution in [0.1, 0.15) is 19.3 Å². The van der Waals surface area contributed by atoms with Gasteiger partial charge in [-0.05, 0) is 30.1 Å². The molecule has 1 N–H and O–H groups in total. The van der Waals surface area contributed by atoms with Crippen molar-refractivity contribution in [2.24, 2.45) is 17.3 Å². The fraction of sp³-hybridized carbons (Fsp3) is 0.875. The number of rotatable bonds is 0. The molecule has 54 valence electrons. The maximum atomic E-state index is 11.0. The SMILES string of the molecule is O=C1CC2(CCN1)C1CC12. The van der Waals surface area contributed by atoms with Gasteiger partial charge in [-0.25, -0.2) is 0 Å². The summed E-state index contributed by atoms with van der Waals surface area (Å²) in [5.41, 5.74) is 0.544. The summed E-state index contributed by atoms with van der Waals surface area (Å²) in [6.07, 6.45) is 3.52. The van der Waals surface area contributed by atoms with Gasteiger partial charge in [-0.3, -0.25) is 4.79 Å². The van der Waals surface area contributed by atoms with Crippen LogP contribution >= 0.6 is 0 Å². The first-order chi connectivity index (χ1) is 4.83. The lowest BCUT2D eigenvalue weighted by Crippen LogP contribution is -2.37. The Balaban J connectivity index is 1.81. The van der Waals surface area contributed by atoms with E-state index in [-0.39, 0.29) is 0 Å². The Morgan fingerprint density at radius 2 is 2.30 bits per heavy atom. The molecule has 1 spiro atoms. The lowest BCUT2D eigenvalue weighted by molar-refractivity contribution is -0.124. The monoisotopic (exact) mass is 137 g/mol. The fourth-order valence-corrected chi connectivity index (χ4v) is 2.69. The molecule has 0 bridgehead atoms. The molecule has 1 amide bonds. The van der Waals surface area contributed by atoms with Crippen molar-refractivity contribution in [1.29, 1.82) is 0 Å². The molecule has 1 heterocycles. The first kappa shape index (κ1) is 5.16. The molecule has 1 saturated heterocycles. The summed E-state index contributed by atoms with van der Waals surface area (Å²) < 4.78 is 0. The molecule has 10 heavy (non-hydrogen) atoms. The third-order valence-corrected chi connectivity index (χ3v) is 3.56. The van der Waals surface area contributed by atoms with Crippen molar-refractivity contribution in [3.63, 3.8) is 0 Å². The van der Waals surface area contributed by atoms with Gasteiger partial charge < -0.3 is 5.32 Å². The molecular formula is C8H11NO. The van der Waals surface area contributed by atoms with Crippen LogP contribution in [0.25, 0.3) is 0 Å². The number of nitrogens with one attached hydrogen (secondary N) is 1. The number of hydrogen-bond donors (Lipinski definition) is 1. The second kappa shape index (κ2) is 1.25.